The molecule has 0 amide bonds. The molecule has 1 N–H and O–H groups in total. The molecule has 0 aromatic heterocycles. The fourth-order valence-corrected chi connectivity index (χ4v) is 3.92. The highest BCUT2D eigenvalue weighted by molar-refractivity contribution is 7.86. The molecule has 1 saturated heterocycles. The summed E-state index contributed by atoms with van der Waals surface area (Å²) in [4.78, 5) is 0. The first kappa shape index (κ1) is 15.7. The van der Waals surface area contributed by atoms with Crippen LogP contribution < -0.4 is 5.32 Å². The van der Waals surface area contributed by atoms with Crippen molar-refractivity contribution in [1.82, 2.24) is 13.9 Å². The average molecular weight is 318 g/mol. The van der Waals surface area contributed by atoms with Crippen molar-refractivity contribution in [3.8, 4) is 0 Å². The molecular weight excluding hydrogens is 298 g/mol. The van der Waals surface area contributed by atoms with Gasteiger partial charge in [0, 0.05) is 44.3 Å². The zero-order valence-corrected chi connectivity index (χ0v) is 13.3. The van der Waals surface area contributed by atoms with Crippen molar-refractivity contribution in [3.63, 3.8) is 0 Å². The lowest BCUT2D eigenvalue weighted by Gasteiger charge is -2.35. The molecule has 0 saturated carbocycles. The van der Waals surface area contributed by atoms with Crippen molar-refractivity contribution >= 4 is 21.8 Å². The molecule has 1 aliphatic heterocycles. The van der Waals surface area contributed by atoms with Crippen LogP contribution in [0, 0.1) is 0 Å². The van der Waals surface area contributed by atoms with Gasteiger partial charge >= 0.3 is 0 Å². The Morgan fingerprint density at radius 2 is 2.05 bits per heavy atom. The minimum Gasteiger partial charge on any atom is -0.314 e. The third-order valence-electron chi connectivity index (χ3n) is 3.45. The number of hydrogen-bond acceptors (Lipinski definition) is 3. The van der Waals surface area contributed by atoms with Crippen LogP contribution in [-0.2, 0) is 16.8 Å². The second-order valence-corrected chi connectivity index (χ2v) is 7.48. The van der Waals surface area contributed by atoms with Crippen LogP contribution in [0.25, 0.3) is 0 Å². The van der Waals surface area contributed by atoms with E-state index in [2.05, 4.69) is 5.32 Å². The van der Waals surface area contributed by atoms with Crippen LogP contribution in [0.15, 0.2) is 24.3 Å². The summed E-state index contributed by atoms with van der Waals surface area (Å²) in [5.74, 6) is 0. The summed E-state index contributed by atoms with van der Waals surface area (Å²) in [5, 5.41) is 3.84. The Labute approximate surface area is 125 Å². The fourth-order valence-electron chi connectivity index (χ4n) is 2.27. The highest BCUT2D eigenvalue weighted by Gasteiger charge is 2.32. The monoisotopic (exact) mass is 317 g/mol. The van der Waals surface area contributed by atoms with E-state index in [-0.39, 0.29) is 6.04 Å². The van der Waals surface area contributed by atoms with Gasteiger partial charge < -0.3 is 5.32 Å². The molecule has 7 heteroatoms. The number of halogens is 1. The van der Waals surface area contributed by atoms with Crippen LogP contribution >= 0.6 is 11.6 Å². The van der Waals surface area contributed by atoms with Crippen LogP contribution in [0.5, 0.6) is 0 Å². The molecule has 1 unspecified atom stereocenters. The maximum atomic E-state index is 12.6. The van der Waals surface area contributed by atoms with Crippen LogP contribution in [0.2, 0.25) is 5.02 Å². The molecule has 20 heavy (non-hydrogen) atoms. The number of rotatable bonds is 4. The molecule has 2 rings (SSSR count). The van der Waals surface area contributed by atoms with Gasteiger partial charge in [-0.05, 0) is 24.6 Å². The molecule has 0 aliphatic carbocycles. The lowest BCUT2D eigenvalue weighted by Crippen LogP contribution is -2.55. The molecular formula is C13H20ClN3O2S. The van der Waals surface area contributed by atoms with Crippen LogP contribution in [0.3, 0.4) is 0 Å². The van der Waals surface area contributed by atoms with Gasteiger partial charge in [-0.15, -0.1) is 0 Å². The first-order chi connectivity index (χ1) is 9.41. The molecule has 0 radical (unpaired) electrons. The Bertz CT molecular complexity index is 547. The van der Waals surface area contributed by atoms with Crippen molar-refractivity contribution in [2.75, 3.05) is 26.7 Å². The normalized spacial score (nSPS) is 21.3. The molecule has 0 bridgehead atoms. The summed E-state index contributed by atoms with van der Waals surface area (Å²) in [7, 11) is -1.82. The molecule has 1 heterocycles. The Hall–Kier alpha value is -0.660. The number of nitrogens with one attached hydrogen (secondary N) is 1. The number of nitrogens with zero attached hydrogens (tertiary/aromatic N) is 2. The van der Waals surface area contributed by atoms with E-state index in [4.69, 9.17) is 11.6 Å². The predicted octanol–water partition coefficient (Wildman–Crippen LogP) is 1.31. The SMILES string of the molecule is CC1CNCCN1S(=O)(=O)N(C)Cc1ccc(Cl)cc1. The van der Waals surface area contributed by atoms with Gasteiger partial charge in [0.2, 0.25) is 0 Å². The highest BCUT2D eigenvalue weighted by Crippen LogP contribution is 2.17. The minimum absolute atomic E-state index is 0.0265. The highest BCUT2D eigenvalue weighted by atomic mass is 35.5. The molecule has 1 atom stereocenters. The summed E-state index contributed by atoms with van der Waals surface area (Å²) >= 11 is 5.83. The van der Waals surface area contributed by atoms with E-state index in [1.165, 1.54) is 4.31 Å². The van der Waals surface area contributed by atoms with Gasteiger partial charge in [-0.3, -0.25) is 0 Å². The molecule has 1 aromatic carbocycles. The summed E-state index contributed by atoms with van der Waals surface area (Å²) < 4.78 is 28.1. The average Bonchev–Trinajstić information content (AvgIpc) is 2.41. The maximum absolute atomic E-state index is 12.6. The largest absolute Gasteiger partial charge is 0.314 e. The minimum atomic E-state index is -3.43. The predicted molar refractivity (Wildman–Crippen MR) is 80.9 cm³/mol. The lowest BCUT2D eigenvalue weighted by atomic mass is 10.2. The zero-order valence-electron chi connectivity index (χ0n) is 11.7. The summed E-state index contributed by atoms with van der Waals surface area (Å²) in [6.45, 7) is 4.15. The van der Waals surface area contributed by atoms with Crippen LogP contribution in [0.4, 0.5) is 0 Å². The van der Waals surface area contributed by atoms with E-state index >= 15 is 0 Å². The van der Waals surface area contributed by atoms with E-state index in [0.717, 1.165) is 5.56 Å². The Morgan fingerprint density at radius 3 is 2.65 bits per heavy atom. The van der Waals surface area contributed by atoms with E-state index in [0.29, 0.717) is 31.2 Å². The summed E-state index contributed by atoms with van der Waals surface area (Å²) in [6, 6.07) is 7.20. The van der Waals surface area contributed by atoms with Gasteiger partial charge in [0.1, 0.15) is 0 Å². The quantitative estimate of drug-likeness (QED) is 0.911. The van der Waals surface area contributed by atoms with Crippen molar-refractivity contribution in [1.29, 1.82) is 0 Å². The first-order valence-electron chi connectivity index (χ1n) is 6.59. The van der Waals surface area contributed by atoms with E-state index in [9.17, 15) is 8.42 Å². The van der Waals surface area contributed by atoms with Gasteiger partial charge in [0.05, 0.1) is 0 Å². The van der Waals surface area contributed by atoms with Gasteiger partial charge in [-0.1, -0.05) is 23.7 Å². The first-order valence-corrected chi connectivity index (χ1v) is 8.37. The fraction of sp³-hybridized carbons (Fsp3) is 0.538. The van der Waals surface area contributed by atoms with Crippen molar-refractivity contribution in [2.45, 2.75) is 19.5 Å². The topological polar surface area (TPSA) is 52.7 Å². The molecule has 5 nitrogen and oxygen atoms in total. The summed E-state index contributed by atoms with van der Waals surface area (Å²) in [5.41, 5.74) is 0.920. The van der Waals surface area contributed by atoms with Gasteiger partial charge in [-0.2, -0.15) is 17.0 Å². The third kappa shape index (κ3) is 3.51. The third-order valence-corrected chi connectivity index (χ3v) is 5.75. The van der Waals surface area contributed by atoms with Gasteiger partial charge in [-0.25, -0.2) is 0 Å². The molecule has 1 aromatic rings. The molecule has 112 valence electrons. The van der Waals surface area contributed by atoms with E-state index in [1.54, 1.807) is 23.5 Å². The maximum Gasteiger partial charge on any atom is 0.282 e. The second-order valence-electron chi connectivity index (χ2n) is 5.05. The standard InChI is InChI=1S/C13H20ClN3O2S/c1-11-9-15-7-8-17(11)20(18,19)16(2)10-12-3-5-13(14)6-4-12/h3-6,11,15H,7-10H2,1-2H3. The number of hydrogen-bond donors (Lipinski definition) is 1. The van der Waals surface area contributed by atoms with Gasteiger partial charge in [0.15, 0.2) is 0 Å². The molecule has 1 fully saturated rings. The molecule has 0 spiro atoms. The van der Waals surface area contributed by atoms with Crippen molar-refractivity contribution in [2.24, 2.45) is 0 Å². The van der Waals surface area contributed by atoms with E-state index < -0.39 is 10.2 Å². The number of piperazine rings is 1. The Kier molecular flexibility index (Phi) is 5.04. The smallest absolute Gasteiger partial charge is 0.282 e. The second kappa shape index (κ2) is 6.41. The van der Waals surface area contributed by atoms with E-state index in [1.807, 2.05) is 19.1 Å². The van der Waals surface area contributed by atoms with Crippen LogP contribution in [-0.4, -0.2) is 49.8 Å². The van der Waals surface area contributed by atoms with Crippen molar-refractivity contribution in [3.05, 3.63) is 34.9 Å². The Morgan fingerprint density at radius 1 is 1.40 bits per heavy atom. The molecule has 1 aliphatic rings. The Balaban J connectivity index is 2.10. The lowest BCUT2D eigenvalue weighted by molar-refractivity contribution is 0.262. The van der Waals surface area contributed by atoms with Crippen molar-refractivity contribution < 1.29 is 8.42 Å². The van der Waals surface area contributed by atoms with Crippen LogP contribution in [0.1, 0.15) is 12.5 Å². The zero-order chi connectivity index (χ0) is 14.8. The van der Waals surface area contributed by atoms with Gasteiger partial charge in [0.25, 0.3) is 10.2 Å². The number of benzene rings is 1. The summed E-state index contributed by atoms with van der Waals surface area (Å²) in [6.07, 6.45) is 0.